The van der Waals surface area contributed by atoms with Crippen LogP contribution in [0.15, 0.2) is 42.6 Å². The number of anilines is 2. The monoisotopic (exact) mass is 425 g/mol. The van der Waals surface area contributed by atoms with Gasteiger partial charge in [0.25, 0.3) is 0 Å². The van der Waals surface area contributed by atoms with Gasteiger partial charge in [-0.05, 0) is 62.7 Å². The second-order valence-corrected chi connectivity index (χ2v) is 7.89. The summed E-state index contributed by atoms with van der Waals surface area (Å²) >= 11 is 0. The molecule has 0 saturated carbocycles. The summed E-state index contributed by atoms with van der Waals surface area (Å²) in [6, 6.07) is 11.2. The van der Waals surface area contributed by atoms with Crippen molar-refractivity contribution < 1.29 is 14.4 Å². The van der Waals surface area contributed by atoms with E-state index < -0.39 is 0 Å². The van der Waals surface area contributed by atoms with Crippen molar-refractivity contribution in [3.63, 3.8) is 0 Å². The van der Waals surface area contributed by atoms with Crippen molar-refractivity contribution in [1.29, 1.82) is 0 Å². The predicted octanol–water partition coefficient (Wildman–Crippen LogP) is 2.61. The first kappa shape index (κ1) is 22.6. The molecule has 0 spiro atoms. The maximum atomic E-state index is 12.9. The van der Waals surface area contributed by atoms with Gasteiger partial charge in [-0.3, -0.25) is 19.3 Å². The normalized spacial score (nSPS) is 16.2. The molecule has 2 heterocycles. The number of amides is 3. The topological polar surface area (TPSA) is 86.7 Å². The first-order chi connectivity index (χ1) is 14.9. The minimum absolute atomic E-state index is 0.00540. The molecule has 0 unspecified atom stereocenters. The Morgan fingerprint density at radius 1 is 1.10 bits per heavy atom. The van der Waals surface area contributed by atoms with Gasteiger partial charge < -0.3 is 20.1 Å². The molecule has 166 valence electrons. The summed E-state index contributed by atoms with van der Waals surface area (Å²) in [6.45, 7) is 4.98. The molecule has 2 aromatic rings. The van der Waals surface area contributed by atoms with Crippen LogP contribution >= 0.6 is 0 Å². The summed E-state index contributed by atoms with van der Waals surface area (Å²) in [5.74, 6) is -0.441. The molecule has 8 heteroatoms. The second-order valence-electron chi connectivity index (χ2n) is 7.89. The Morgan fingerprint density at radius 3 is 2.35 bits per heavy atom. The molecule has 1 aliphatic heterocycles. The van der Waals surface area contributed by atoms with Crippen LogP contribution in [0, 0.1) is 0 Å². The fourth-order valence-electron chi connectivity index (χ4n) is 4.03. The second kappa shape index (κ2) is 10.3. The standard InChI is InChI=1S/C23H31N5O3/c1-4-27(15-22(30)25-19-11-9-18(10-12-19)24-17(2)29)23(31)16-28-14-6-8-21(28)20-7-5-13-26(20)3/h5,7,9-13,21H,4,6,8,14-16H2,1-3H3,(H,24,29)(H,25,30)/t21-/m1/s1. The zero-order chi connectivity index (χ0) is 22.4. The fraction of sp³-hybridized carbons (Fsp3) is 0.435. The van der Waals surface area contributed by atoms with Crippen LogP contribution in [0.3, 0.4) is 0 Å². The number of nitrogens with one attached hydrogen (secondary N) is 2. The highest BCUT2D eigenvalue weighted by molar-refractivity contribution is 5.95. The van der Waals surface area contributed by atoms with E-state index in [4.69, 9.17) is 0 Å². The Kier molecular flexibility index (Phi) is 7.46. The number of hydrogen-bond acceptors (Lipinski definition) is 4. The first-order valence-electron chi connectivity index (χ1n) is 10.7. The lowest BCUT2D eigenvalue weighted by Gasteiger charge is -2.28. The maximum absolute atomic E-state index is 12.9. The molecule has 0 aliphatic carbocycles. The van der Waals surface area contributed by atoms with E-state index in [1.807, 2.05) is 26.2 Å². The summed E-state index contributed by atoms with van der Waals surface area (Å²) in [6.07, 6.45) is 4.12. The molecule has 1 aromatic heterocycles. The van der Waals surface area contributed by atoms with Gasteiger partial charge in [0, 0.05) is 43.8 Å². The van der Waals surface area contributed by atoms with Crippen LogP contribution in [-0.4, -0.2) is 58.3 Å². The number of nitrogens with zero attached hydrogens (tertiary/aromatic N) is 3. The van der Waals surface area contributed by atoms with Crippen molar-refractivity contribution >= 4 is 29.1 Å². The van der Waals surface area contributed by atoms with Gasteiger partial charge in [0.2, 0.25) is 17.7 Å². The molecule has 1 fully saturated rings. The third kappa shape index (κ3) is 5.95. The van der Waals surface area contributed by atoms with Crippen LogP contribution in [0.5, 0.6) is 0 Å². The van der Waals surface area contributed by atoms with Crippen LogP contribution in [-0.2, 0) is 21.4 Å². The zero-order valence-electron chi connectivity index (χ0n) is 18.4. The van der Waals surface area contributed by atoms with Crippen molar-refractivity contribution in [2.75, 3.05) is 36.8 Å². The van der Waals surface area contributed by atoms with E-state index in [-0.39, 0.29) is 30.3 Å². The number of hydrogen-bond donors (Lipinski definition) is 2. The molecular weight excluding hydrogens is 394 g/mol. The van der Waals surface area contributed by atoms with Crippen molar-refractivity contribution in [3.8, 4) is 0 Å². The first-order valence-corrected chi connectivity index (χ1v) is 10.7. The zero-order valence-corrected chi connectivity index (χ0v) is 18.4. The third-order valence-corrected chi connectivity index (χ3v) is 5.59. The van der Waals surface area contributed by atoms with Gasteiger partial charge >= 0.3 is 0 Å². The smallest absolute Gasteiger partial charge is 0.243 e. The van der Waals surface area contributed by atoms with Gasteiger partial charge in [0.15, 0.2) is 0 Å². The summed E-state index contributed by atoms with van der Waals surface area (Å²) in [7, 11) is 2.03. The fourth-order valence-corrected chi connectivity index (χ4v) is 4.03. The van der Waals surface area contributed by atoms with Crippen LogP contribution in [0.1, 0.15) is 38.4 Å². The molecule has 31 heavy (non-hydrogen) atoms. The molecule has 1 saturated heterocycles. The maximum Gasteiger partial charge on any atom is 0.243 e. The van der Waals surface area contributed by atoms with Crippen molar-refractivity contribution in [2.24, 2.45) is 7.05 Å². The van der Waals surface area contributed by atoms with E-state index in [0.29, 0.717) is 24.5 Å². The lowest BCUT2D eigenvalue weighted by Crippen LogP contribution is -2.43. The van der Waals surface area contributed by atoms with E-state index >= 15 is 0 Å². The van der Waals surface area contributed by atoms with E-state index in [9.17, 15) is 14.4 Å². The summed E-state index contributed by atoms with van der Waals surface area (Å²) in [5.41, 5.74) is 2.49. The van der Waals surface area contributed by atoms with Gasteiger partial charge in [-0.25, -0.2) is 0 Å². The minimum atomic E-state index is -0.247. The average Bonchev–Trinajstić information content (AvgIpc) is 3.35. The number of carbonyl (C=O) groups is 3. The minimum Gasteiger partial charge on any atom is -0.353 e. The van der Waals surface area contributed by atoms with Crippen LogP contribution in [0.25, 0.3) is 0 Å². The van der Waals surface area contributed by atoms with E-state index in [1.165, 1.54) is 12.6 Å². The average molecular weight is 426 g/mol. The number of aryl methyl sites for hydroxylation is 1. The Morgan fingerprint density at radius 2 is 1.77 bits per heavy atom. The molecule has 1 aromatic carbocycles. The number of rotatable bonds is 8. The third-order valence-electron chi connectivity index (χ3n) is 5.59. The van der Waals surface area contributed by atoms with E-state index in [1.54, 1.807) is 29.2 Å². The van der Waals surface area contributed by atoms with Gasteiger partial charge in [0.1, 0.15) is 0 Å². The predicted molar refractivity (Wildman–Crippen MR) is 121 cm³/mol. The Bertz CT molecular complexity index is 922. The molecule has 0 radical (unpaired) electrons. The highest BCUT2D eigenvalue weighted by Gasteiger charge is 2.30. The largest absolute Gasteiger partial charge is 0.353 e. The molecule has 2 N–H and O–H groups in total. The van der Waals surface area contributed by atoms with Crippen molar-refractivity contribution in [1.82, 2.24) is 14.4 Å². The van der Waals surface area contributed by atoms with Gasteiger partial charge in [0.05, 0.1) is 19.1 Å². The van der Waals surface area contributed by atoms with Gasteiger partial charge in [-0.2, -0.15) is 0 Å². The van der Waals surface area contributed by atoms with Gasteiger partial charge in [-0.15, -0.1) is 0 Å². The van der Waals surface area contributed by atoms with Crippen molar-refractivity contribution in [2.45, 2.75) is 32.7 Å². The molecule has 3 rings (SSSR count). The van der Waals surface area contributed by atoms with E-state index in [2.05, 4.69) is 26.2 Å². The summed E-state index contributed by atoms with van der Waals surface area (Å²) in [5, 5.41) is 5.49. The van der Waals surface area contributed by atoms with Crippen molar-refractivity contribution in [3.05, 3.63) is 48.3 Å². The van der Waals surface area contributed by atoms with Gasteiger partial charge in [-0.1, -0.05) is 0 Å². The molecule has 1 aliphatic rings. The Balaban J connectivity index is 1.55. The molecule has 8 nitrogen and oxygen atoms in total. The molecular formula is C23H31N5O3. The quantitative estimate of drug-likeness (QED) is 0.681. The number of benzene rings is 1. The SMILES string of the molecule is CCN(CC(=O)Nc1ccc(NC(C)=O)cc1)C(=O)CN1CCC[C@@H]1c1cccn1C. The molecule has 3 amide bonds. The molecule has 1 atom stereocenters. The van der Waals surface area contributed by atoms with Crippen LogP contribution in [0.4, 0.5) is 11.4 Å². The Hall–Kier alpha value is -3.13. The van der Waals surface area contributed by atoms with Crippen LogP contribution < -0.4 is 10.6 Å². The number of likely N-dealkylation sites (tertiary alicyclic amines) is 1. The number of aromatic nitrogens is 1. The number of likely N-dealkylation sites (N-methyl/N-ethyl adjacent to an activating group) is 1. The van der Waals surface area contributed by atoms with Crippen LogP contribution in [0.2, 0.25) is 0 Å². The Labute approximate surface area is 183 Å². The lowest BCUT2D eigenvalue weighted by atomic mass is 10.1. The summed E-state index contributed by atoms with van der Waals surface area (Å²) in [4.78, 5) is 40.3. The molecule has 0 bridgehead atoms. The summed E-state index contributed by atoms with van der Waals surface area (Å²) < 4.78 is 2.11. The lowest BCUT2D eigenvalue weighted by molar-refractivity contribution is -0.135. The van der Waals surface area contributed by atoms with E-state index in [0.717, 1.165) is 19.4 Å². The highest BCUT2D eigenvalue weighted by Crippen LogP contribution is 2.31. The highest BCUT2D eigenvalue weighted by atomic mass is 16.2. The number of carbonyl (C=O) groups excluding carboxylic acids is 3.